The van der Waals surface area contributed by atoms with Crippen molar-refractivity contribution in [3.05, 3.63) is 6.92 Å². The van der Waals surface area contributed by atoms with Gasteiger partial charge >= 0.3 is 0 Å². The fourth-order valence-corrected chi connectivity index (χ4v) is 0.690. The molecule has 1 atom stereocenters. The Morgan fingerprint density at radius 3 is 2.44 bits per heavy atom. The Hall–Kier alpha value is -0.0400. The van der Waals surface area contributed by atoms with Crippen molar-refractivity contribution in [2.75, 3.05) is 6.61 Å². The van der Waals surface area contributed by atoms with Crippen molar-refractivity contribution < 1.29 is 4.74 Å². The quantitative estimate of drug-likeness (QED) is 0.554. The van der Waals surface area contributed by atoms with Crippen molar-refractivity contribution in [2.45, 2.75) is 39.2 Å². The first-order valence-corrected chi connectivity index (χ1v) is 3.76. The maximum atomic E-state index is 5.43. The normalized spacial score (nSPS) is 10.7. The molecule has 0 aliphatic rings. The van der Waals surface area contributed by atoms with E-state index in [-0.39, 0.29) is 0 Å². The van der Waals surface area contributed by atoms with Crippen molar-refractivity contribution in [3.8, 4) is 0 Å². The van der Waals surface area contributed by atoms with E-state index in [0.29, 0.717) is 6.10 Å². The van der Waals surface area contributed by atoms with Gasteiger partial charge in [0, 0.05) is 6.61 Å². The van der Waals surface area contributed by atoms with E-state index in [1.165, 1.54) is 0 Å². The standard InChI is InChI=1S/C8H17O/c1-4-7-9-8(5-2)6-3/h8H,2,4-7H2,1,3H3. The number of ether oxygens (including phenoxy) is 1. The number of hydrogen-bond donors (Lipinski definition) is 0. The van der Waals surface area contributed by atoms with Crippen molar-refractivity contribution in [3.63, 3.8) is 0 Å². The van der Waals surface area contributed by atoms with Gasteiger partial charge in [0.1, 0.15) is 0 Å². The van der Waals surface area contributed by atoms with Gasteiger partial charge in [0.05, 0.1) is 6.10 Å². The highest BCUT2D eigenvalue weighted by molar-refractivity contribution is 4.55. The summed E-state index contributed by atoms with van der Waals surface area (Å²) in [6.07, 6.45) is 3.49. The minimum absolute atomic E-state index is 0.393. The van der Waals surface area contributed by atoms with Crippen LogP contribution in [-0.2, 0) is 4.74 Å². The molecule has 1 nitrogen and oxygen atoms in total. The summed E-state index contributed by atoms with van der Waals surface area (Å²) in [4.78, 5) is 0. The average molecular weight is 129 g/mol. The molecule has 55 valence electrons. The highest BCUT2D eigenvalue weighted by Crippen LogP contribution is 2.01. The topological polar surface area (TPSA) is 9.23 Å². The van der Waals surface area contributed by atoms with Crippen molar-refractivity contribution in [1.82, 2.24) is 0 Å². The molecule has 0 aliphatic carbocycles. The van der Waals surface area contributed by atoms with Crippen LogP contribution in [0.3, 0.4) is 0 Å². The lowest BCUT2D eigenvalue weighted by Crippen LogP contribution is -2.10. The molecule has 0 aromatic carbocycles. The summed E-state index contributed by atoms with van der Waals surface area (Å²) in [6.45, 7) is 8.92. The third-order valence-electron chi connectivity index (χ3n) is 1.33. The summed E-state index contributed by atoms with van der Waals surface area (Å²) in [5.74, 6) is 0. The van der Waals surface area contributed by atoms with Crippen LogP contribution in [0.2, 0.25) is 0 Å². The van der Waals surface area contributed by atoms with Crippen molar-refractivity contribution in [2.24, 2.45) is 0 Å². The second-order valence-corrected chi connectivity index (χ2v) is 2.19. The van der Waals surface area contributed by atoms with Crippen LogP contribution in [0.4, 0.5) is 0 Å². The van der Waals surface area contributed by atoms with Gasteiger partial charge in [-0.05, 0) is 19.3 Å². The van der Waals surface area contributed by atoms with Crippen LogP contribution >= 0.6 is 0 Å². The molecule has 0 saturated carbocycles. The first-order chi connectivity index (χ1) is 4.35. The average Bonchev–Trinajstić information content (AvgIpc) is 1.91. The number of hydrogen-bond acceptors (Lipinski definition) is 1. The molecule has 9 heavy (non-hydrogen) atoms. The summed E-state index contributed by atoms with van der Waals surface area (Å²) >= 11 is 0. The molecule has 0 bridgehead atoms. The highest BCUT2D eigenvalue weighted by Gasteiger charge is 1.99. The second-order valence-electron chi connectivity index (χ2n) is 2.19. The summed E-state index contributed by atoms with van der Waals surface area (Å²) in [5.41, 5.74) is 0. The fourth-order valence-electron chi connectivity index (χ4n) is 0.690. The van der Waals surface area contributed by atoms with Crippen LogP contribution in [0.15, 0.2) is 0 Å². The Morgan fingerprint density at radius 2 is 2.11 bits per heavy atom. The highest BCUT2D eigenvalue weighted by atomic mass is 16.5. The lowest BCUT2D eigenvalue weighted by atomic mass is 10.2. The van der Waals surface area contributed by atoms with Crippen molar-refractivity contribution >= 4 is 0 Å². The Labute approximate surface area is 58.4 Å². The van der Waals surface area contributed by atoms with Gasteiger partial charge in [0.2, 0.25) is 0 Å². The first kappa shape index (κ1) is 8.96. The Balaban J connectivity index is 3.09. The van der Waals surface area contributed by atoms with E-state index in [2.05, 4.69) is 20.8 Å². The van der Waals surface area contributed by atoms with Gasteiger partial charge in [-0.1, -0.05) is 20.8 Å². The molecular weight excluding hydrogens is 112 g/mol. The molecule has 0 saturated heterocycles. The molecule has 0 spiro atoms. The van der Waals surface area contributed by atoms with E-state index in [4.69, 9.17) is 4.74 Å². The molecule has 0 aromatic heterocycles. The molecule has 0 N–H and O–H groups in total. The van der Waals surface area contributed by atoms with E-state index in [9.17, 15) is 0 Å². The van der Waals surface area contributed by atoms with Crippen LogP contribution in [0, 0.1) is 6.92 Å². The summed E-state index contributed by atoms with van der Waals surface area (Å²) in [6, 6.07) is 0. The summed E-state index contributed by atoms with van der Waals surface area (Å²) < 4.78 is 5.43. The van der Waals surface area contributed by atoms with Crippen LogP contribution in [0.5, 0.6) is 0 Å². The molecule has 1 unspecified atom stereocenters. The van der Waals surface area contributed by atoms with E-state index < -0.39 is 0 Å². The minimum Gasteiger partial charge on any atom is -0.378 e. The van der Waals surface area contributed by atoms with Gasteiger partial charge in [0.15, 0.2) is 0 Å². The Kier molecular flexibility index (Phi) is 6.06. The Bertz CT molecular complexity index is 48.5. The van der Waals surface area contributed by atoms with Gasteiger partial charge in [-0.15, -0.1) is 0 Å². The second kappa shape index (κ2) is 6.09. The van der Waals surface area contributed by atoms with Gasteiger partial charge < -0.3 is 4.74 Å². The van der Waals surface area contributed by atoms with E-state index in [1.807, 2.05) is 0 Å². The molecule has 0 fully saturated rings. The zero-order chi connectivity index (χ0) is 7.11. The van der Waals surface area contributed by atoms with E-state index in [1.54, 1.807) is 0 Å². The van der Waals surface area contributed by atoms with Gasteiger partial charge in [0.25, 0.3) is 0 Å². The maximum absolute atomic E-state index is 5.43. The molecule has 0 rings (SSSR count). The summed E-state index contributed by atoms with van der Waals surface area (Å²) in [7, 11) is 0. The van der Waals surface area contributed by atoms with Crippen LogP contribution < -0.4 is 0 Å². The predicted octanol–water partition coefficient (Wildman–Crippen LogP) is 2.42. The lowest BCUT2D eigenvalue weighted by Gasteiger charge is -2.11. The van der Waals surface area contributed by atoms with E-state index >= 15 is 0 Å². The molecule has 0 aliphatic heterocycles. The molecule has 0 amide bonds. The SMILES string of the molecule is [CH2]CC(CC)OCCC. The third-order valence-corrected chi connectivity index (χ3v) is 1.33. The zero-order valence-corrected chi connectivity index (χ0v) is 6.52. The largest absolute Gasteiger partial charge is 0.378 e. The predicted molar refractivity (Wildman–Crippen MR) is 40.3 cm³/mol. The van der Waals surface area contributed by atoms with Crippen molar-refractivity contribution in [1.29, 1.82) is 0 Å². The fraction of sp³-hybridized carbons (Fsp3) is 0.875. The molecular formula is C8H17O. The minimum atomic E-state index is 0.393. The molecule has 1 heteroatoms. The molecule has 0 heterocycles. The first-order valence-electron chi connectivity index (χ1n) is 3.76. The van der Waals surface area contributed by atoms with Gasteiger partial charge in [-0.3, -0.25) is 0 Å². The lowest BCUT2D eigenvalue weighted by molar-refractivity contribution is 0.0528. The van der Waals surface area contributed by atoms with Crippen LogP contribution in [0.1, 0.15) is 33.1 Å². The Morgan fingerprint density at radius 1 is 1.44 bits per heavy atom. The van der Waals surface area contributed by atoms with Crippen LogP contribution in [-0.4, -0.2) is 12.7 Å². The maximum Gasteiger partial charge on any atom is 0.0572 e. The molecule has 1 radical (unpaired) electrons. The monoisotopic (exact) mass is 129 g/mol. The zero-order valence-electron chi connectivity index (χ0n) is 6.52. The smallest absolute Gasteiger partial charge is 0.0572 e. The number of rotatable bonds is 5. The summed E-state index contributed by atoms with van der Waals surface area (Å²) in [5, 5.41) is 0. The third kappa shape index (κ3) is 4.46. The van der Waals surface area contributed by atoms with Crippen LogP contribution in [0.25, 0.3) is 0 Å². The van der Waals surface area contributed by atoms with Gasteiger partial charge in [-0.25, -0.2) is 0 Å². The van der Waals surface area contributed by atoms with E-state index in [0.717, 1.165) is 25.9 Å². The van der Waals surface area contributed by atoms with Gasteiger partial charge in [-0.2, -0.15) is 0 Å². The molecule has 0 aromatic rings.